The van der Waals surface area contributed by atoms with Crippen molar-refractivity contribution in [2.24, 2.45) is 0 Å². The lowest BCUT2D eigenvalue weighted by molar-refractivity contribution is 0.475. The fourth-order valence-electron chi connectivity index (χ4n) is 1.76. The first-order valence-electron chi connectivity index (χ1n) is 5.76. The zero-order valence-electron chi connectivity index (χ0n) is 10.9. The molecule has 2 rings (SSSR count). The molecule has 2 aromatic rings. The largest absolute Gasteiger partial charge is 0.508 e. The van der Waals surface area contributed by atoms with Gasteiger partial charge in [-0.2, -0.15) is 0 Å². The van der Waals surface area contributed by atoms with E-state index in [-0.39, 0.29) is 10.6 Å². The minimum absolute atomic E-state index is 0.0689. The fraction of sp³-hybridized carbons (Fsp3) is 0.0769. The summed E-state index contributed by atoms with van der Waals surface area (Å²) in [7, 11) is -2.34. The monoisotopic (exact) mass is 434 g/mol. The molecular weight excluding hydrogens is 424 g/mol. The Balaban J connectivity index is 2.54. The van der Waals surface area contributed by atoms with Gasteiger partial charge in [-0.3, -0.25) is 4.31 Å². The van der Waals surface area contributed by atoms with E-state index < -0.39 is 10.0 Å². The van der Waals surface area contributed by atoms with Crippen LogP contribution in [0.2, 0.25) is 0 Å². The van der Waals surface area contributed by atoms with Crippen molar-refractivity contribution in [1.82, 2.24) is 0 Å². The number of aromatic hydroxyl groups is 1. The van der Waals surface area contributed by atoms with Crippen molar-refractivity contribution in [3.05, 3.63) is 45.3 Å². The van der Waals surface area contributed by atoms with Gasteiger partial charge < -0.3 is 10.8 Å². The number of phenols is 1. The lowest BCUT2D eigenvalue weighted by Gasteiger charge is -2.21. The lowest BCUT2D eigenvalue weighted by atomic mass is 10.3. The lowest BCUT2D eigenvalue weighted by Crippen LogP contribution is -2.27. The zero-order chi connectivity index (χ0) is 15.8. The molecule has 0 radical (unpaired) electrons. The minimum Gasteiger partial charge on any atom is -0.508 e. The van der Waals surface area contributed by atoms with Crippen LogP contribution in [0.1, 0.15) is 0 Å². The van der Waals surface area contributed by atoms with Gasteiger partial charge >= 0.3 is 0 Å². The molecule has 0 aliphatic carbocycles. The maximum atomic E-state index is 12.7. The molecule has 0 atom stereocenters. The van der Waals surface area contributed by atoms with Crippen LogP contribution in [0, 0.1) is 0 Å². The fourth-order valence-corrected chi connectivity index (χ4v) is 5.50. The number of anilines is 2. The SMILES string of the molecule is CN(c1ccc(O)cc1)S(=O)(=O)c1c(Br)cc(N)cc1Br. The molecular formula is C13H12Br2N2O3S. The minimum atomic E-state index is -3.78. The van der Waals surface area contributed by atoms with E-state index in [4.69, 9.17) is 5.73 Å². The van der Waals surface area contributed by atoms with E-state index in [2.05, 4.69) is 31.9 Å². The Kier molecular flexibility index (Phi) is 4.50. The first kappa shape index (κ1) is 16.1. The molecule has 112 valence electrons. The van der Waals surface area contributed by atoms with Crippen LogP contribution in [0.4, 0.5) is 11.4 Å². The van der Waals surface area contributed by atoms with Crippen LogP contribution in [0.5, 0.6) is 5.75 Å². The Hall–Kier alpha value is -1.25. The predicted molar refractivity (Wildman–Crippen MR) is 90.0 cm³/mol. The maximum absolute atomic E-state index is 12.7. The number of benzene rings is 2. The van der Waals surface area contributed by atoms with Gasteiger partial charge in [-0.15, -0.1) is 0 Å². The normalized spacial score (nSPS) is 11.4. The summed E-state index contributed by atoms with van der Waals surface area (Å²) in [5.41, 5.74) is 6.56. The van der Waals surface area contributed by atoms with Crippen LogP contribution in [0.3, 0.4) is 0 Å². The molecule has 0 unspecified atom stereocenters. The van der Waals surface area contributed by atoms with Gasteiger partial charge in [0.1, 0.15) is 10.6 Å². The van der Waals surface area contributed by atoms with Gasteiger partial charge in [0.05, 0.1) is 5.69 Å². The van der Waals surface area contributed by atoms with Crippen molar-refractivity contribution < 1.29 is 13.5 Å². The van der Waals surface area contributed by atoms with Crippen molar-refractivity contribution >= 4 is 53.3 Å². The molecule has 21 heavy (non-hydrogen) atoms. The zero-order valence-corrected chi connectivity index (χ0v) is 14.9. The molecule has 0 amide bonds. The Bertz CT molecular complexity index is 753. The Labute approximate surface area is 139 Å². The molecule has 5 nitrogen and oxygen atoms in total. The van der Waals surface area contributed by atoms with Crippen LogP contribution in [-0.2, 0) is 10.0 Å². The van der Waals surface area contributed by atoms with Gasteiger partial charge in [0.25, 0.3) is 10.0 Å². The van der Waals surface area contributed by atoms with E-state index >= 15 is 0 Å². The summed E-state index contributed by atoms with van der Waals surface area (Å²) in [4.78, 5) is 0.0901. The number of nitrogens with two attached hydrogens (primary N) is 1. The third-order valence-electron chi connectivity index (χ3n) is 2.85. The van der Waals surface area contributed by atoms with Crippen LogP contribution in [-0.4, -0.2) is 20.6 Å². The number of nitrogen functional groups attached to an aromatic ring is 1. The molecule has 0 aliphatic rings. The van der Waals surface area contributed by atoms with Crippen molar-refractivity contribution in [2.75, 3.05) is 17.1 Å². The van der Waals surface area contributed by atoms with Crippen molar-refractivity contribution in [1.29, 1.82) is 0 Å². The van der Waals surface area contributed by atoms with Gasteiger partial charge in [0.2, 0.25) is 0 Å². The Morgan fingerprint density at radius 2 is 1.57 bits per heavy atom. The van der Waals surface area contributed by atoms with E-state index in [1.165, 1.54) is 43.4 Å². The second-order valence-electron chi connectivity index (χ2n) is 4.30. The first-order valence-corrected chi connectivity index (χ1v) is 8.78. The van der Waals surface area contributed by atoms with Gasteiger partial charge in [0.15, 0.2) is 0 Å². The predicted octanol–water partition coefficient (Wildman–Crippen LogP) is 3.32. The smallest absolute Gasteiger partial charge is 0.266 e. The van der Waals surface area contributed by atoms with Crippen LogP contribution in [0.25, 0.3) is 0 Å². The summed E-state index contributed by atoms with van der Waals surface area (Å²) < 4.78 is 27.3. The number of phenolic OH excluding ortho intramolecular Hbond substituents is 1. The van der Waals surface area contributed by atoms with E-state index in [1.807, 2.05) is 0 Å². The van der Waals surface area contributed by atoms with Gasteiger partial charge in [-0.1, -0.05) is 0 Å². The number of hydrogen-bond donors (Lipinski definition) is 2. The molecule has 0 saturated carbocycles. The van der Waals surface area contributed by atoms with Gasteiger partial charge in [-0.05, 0) is 68.3 Å². The Morgan fingerprint density at radius 3 is 2.05 bits per heavy atom. The molecule has 0 spiro atoms. The third-order valence-corrected chi connectivity index (χ3v) is 6.52. The molecule has 0 aromatic heterocycles. The molecule has 3 N–H and O–H groups in total. The third kappa shape index (κ3) is 3.17. The number of rotatable bonds is 3. The average Bonchev–Trinajstić information content (AvgIpc) is 2.37. The van der Waals surface area contributed by atoms with Crippen molar-refractivity contribution in [3.8, 4) is 5.75 Å². The van der Waals surface area contributed by atoms with Crippen LogP contribution >= 0.6 is 31.9 Å². The number of halogens is 2. The quantitative estimate of drug-likeness (QED) is 0.724. The number of sulfonamides is 1. The standard InChI is InChI=1S/C13H12Br2N2O3S/c1-17(9-2-4-10(18)5-3-9)21(19,20)13-11(14)6-8(16)7-12(13)15/h2-7,18H,16H2,1H3. The molecule has 0 aliphatic heterocycles. The highest BCUT2D eigenvalue weighted by Crippen LogP contribution is 2.35. The van der Waals surface area contributed by atoms with E-state index in [9.17, 15) is 13.5 Å². The highest BCUT2D eigenvalue weighted by atomic mass is 79.9. The van der Waals surface area contributed by atoms with Crippen molar-refractivity contribution in [2.45, 2.75) is 4.90 Å². The van der Waals surface area contributed by atoms with Crippen LogP contribution in [0.15, 0.2) is 50.2 Å². The van der Waals surface area contributed by atoms with E-state index in [0.717, 1.165) is 4.31 Å². The Morgan fingerprint density at radius 1 is 1.10 bits per heavy atom. The molecule has 2 aromatic carbocycles. The van der Waals surface area contributed by atoms with Crippen molar-refractivity contribution in [3.63, 3.8) is 0 Å². The van der Waals surface area contributed by atoms with Gasteiger partial charge in [-0.25, -0.2) is 8.42 Å². The summed E-state index contributed by atoms with van der Waals surface area (Å²) in [6.07, 6.45) is 0. The summed E-state index contributed by atoms with van der Waals surface area (Å²) in [6.45, 7) is 0. The molecule has 0 bridgehead atoms. The van der Waals surface area contributed by atoms with E-state index in [1.54, 1.807) is 0 Å². The molecule has 0 fully saturated rings. The highest BCUT2D eigenvalue weighted by Gasteiger charge is 2.27. The molecule has 0 heterocycles. The second kappa shape index (κ2) is 5.86. The second-order valence-corrected chi connectivity index (χ2v) is 7.92. The molecule has 0 saturated heterocycles. The first-order chi connectivity index (χ1) is 9.73. The van der Waals surface area contributed by atoms with Crippen LogP contribution < -0.4 is 10.0 Å². The molecule has 8 heteroatoms. The summed E-state index contributed by atoms with van der Waals surface area (Å²) in [5.74, 6) is 0.0689. The summed E-state index contributed by atoms with van der Waals surface area (Å²) in [5, 5.41) is 9.28. The maximum Gasteiger partial charge on any atom is 0.266 e. The summed E-state index contributed by atoms with van der Waals surface area (Å²) in [6, 6.07) is 8.95. The van der Waals surface area contributed by atoms with E-state index in [0.29, 0.717) is 20.3 Å². The number of nitrogens with zero attached hydrogens (tertiary/aromatic N) is 1. The average molecular weight is 436 g/mol. The highest BCUT2D eigenvalue weighted by molar-refractivity contribution is 9.11. The summed E-state index contributed by atoms with van der Waals surface area (Å²) >= 11 is 6.46. The topological polar surface area (TPSA) is 83.6 Å². The number of hydrogen-bond acceptors (Lipinski definition) is 4. The van der Waals surface area contributed by atoms with Gasteiger partial charge in [0, 0.05) is 21.7 Å².